The maximum atomic E-state index is 13.4. The number of H-pyrrole nitrogens is 1. The van der Waals surface area contributed by atoms with Gasteiger partial charge in [-0.3, -0.25) is 9.59 Å². The highest BCUT2D eigenvalue weighted by molar-refractivity contribution is 5.94. The molecule has 33 heavy (non-hydrogen) atoms. The largest absolute Gasteiger partial charge is 0.457 e. The number of benzene rings is 2. The van der Waals surface area contributed by atoms with Gasteiger partial charge in [-0.15, -0.1) is 0 Å². The molecule has 1 aliphatic rings. The molecule has 0 aliphatic carbocycles. The molecule has 0 unspecified atom stereocenters. The van der Waals surface area contributed by atoms with E-state index in [0.29, 0.717) is 29.0 Å². The number of carbonyl (C=O) groups is 1. The molecule has 0 fully saturated rings. The average molecular weight is 456 g/mol. The van der Waals surface area contributed by atoms with Crippen molar-refractivity contribution in [2.45, 2.75) is 45.8 Å². The lowest BCUT2D eigenvalue weighted by atomic mass is 9.92. The lowest BCUT2D eigenvalue weighted by Crippen LogP contribution is -2.35. The molecule has 0 spiro atoms. The van der Waals surface area contributed by atoms with E-state index in [2.05, 4.69) is 5.32 Å². The Hall–Kier alpha value is -3.55. The fourth-order valence-corrected chi connectivity index (χ4v) is 4.05. The molecule has 8 heteroatoms. The van der Waals surface area contributed by atoms with Crippen molar-refractivity contribution in [3.8, 4) is 11.5 Å². The summed E-state index contributed by atoms with van der Waals surface area (Å²) in [5.74, 6) is 0.394. The third-order valence-electron chi connectivity index (χ3n) is 5.63. The highest BCUT2D eigenvalue weighted by Gasteiger charge is 2.36. The molecule has 0 radical (unpaired) electrons. The number of aromatic amines is 1. The maximum Gasteiger partial charge on any atom is 0.431 e. The van der Waals surface area contributed by atoms with Gasteiger partial charge in [-0.05, 0) is 55.2 Å². The SMILES string of the molecule is CCCc1cc(C(=O)NC2c3ccc(C)cc3Oc3cc(C)ccc32)c(=O)[nH]c1C(F)(F)F. The Morgan fingerprint density at radius 2 is 1.61 bits per heavy atom. The quantitative estimate of drug-likeness (QED) is 0.538. The Balaban J connectivity index is 1.77. The Morgan fingerprint density at radius 1 is 1.03 bits per heavy atom. The third kappa shape index (κ3) is 4.37. The van der Waals surface area contributed by atoms with Crippen LogP contribution in [0, 0.1) is 13.8 Å². The number of amides is 1. The summed E-state index contributed by atoms with van der Waals surface area (Å²) in [7, 11) is 0. The number of aromatic nitrogens is 1. The van der Waals surface area contributed by atoms with Crippen molar-refractivity contribution in [1.82, 2.24) is 10.3 Å². The van der Waals surface area contributed by atoms with Crippen LogP contribution >= 0.6 is 0 Å². The van der Waals surface area contributed by atoms with Crippen LogP contribution in [-0.4, -0.2) is 10.9 Å². The number of hydrogen-bond acceptors (Lipinski definition) is 3. The molecule has 1 aliphatic heterocycles. The van der Waals surface area contributed by atoms with Gasteiger partial charge in [-0.25, -0.2) is 0 Å². The minimum absolute atomic E-state index is 0.0768. The van der Waals surface area contributed by atoms with Crippen LogP contribution in [0.3, 0.4) is 0 Å². The van der Waals surface area contributed by atoms with Crippen LogP contribution in [0.15, 0.2) is 47.3 Å². The van der Waals surface area contributed by atoms with Crippen molar-refractivity contribution in [1.29, 1.82) is 0 Å². The van der Waals surface area contributed by atoms with Gasteiger partial charge >= 0.3 is 6.18 Å². The van der Waals surface area contributed by atoms with Crippen molar-refractivity contribution in [3.63, 3.8) is 0 Å². The van der Waals surface area contributed by atoms with E-state index in [-0.39, 0.29) is 17.5 Å². The highest BCUT2D eigenvalue weighted by Crippen LogP contribution is 2.43. The van der Waals surface area contributed by atoms with Crippen LogP contribution in [0.1, 0.15) is 63.3 Å². The van der Waals surface area contributed by atoms with Crippen LogP contribution in [0.25, 0.3) is 0 Å². The Morgan fingerprint density at radius 3 is 2.12 bits per heavy atom. The summed E-state index contributed by atoms with van der Waals surface area (Å²) in [5.41, 5.74) is 0.661. The standard InChI is InChI=1S/C25H23F3N2O3/c1-4-5-15-12-18(24(32)30-22(15)25(26,27)28)23(31)29-21-16-8-6-13(2)10-19(16)33-20-11-14(3)7-9-17(20)21/h6-12,21H,4-5H2,1-3H3,(H,29,31)(H,30,32). The molecule has 0 bridgehead atoms. The molecule has 0 saturated carbocycles. The van der Waals surface area contributed by atoms with Gasteiger partial charge < -0.3 is 15.0 Å². The number of nitrogens with one attached hydrogen (secondary N) is 2. The summed E-state index contributed by atoms with van der Waals surface area (Å²) in [6, 6.07) is 11.5. The number of hydrogen-bond donors (Lipinski definition) is 2. The normalized spacial score (nSPS) is 13.2. The maximum absolute atomic E-state index is 13.4. The van der Waals surface area contributed by atoms with Crippen LogP contribution in [0.5, 0.6) is 11.5 Å². The minimum atomic E-state index is -4.72. The Labute approximate surface area is 188 Å². The summed E-state index contributed by atoms with van der Waals surface area (Å²) in [6.45, 7) is 5.56. The monoisotopic (exact) mass is 456 g/mol. The number of aryl methyl sites for hydroxylation is 3. The zero-order valence-corrected chi connectivity index (χ0v) is 18.4. The van der Waals surface area contributed by atoms with E-state index >= 15 is 0 Å². The first kappa shape index (κ1) is 22.6. The second kappa shape index (κ2) is 8.42. The van der Waals surface area contributed by atoms with E-state index in [9.17, 15) is 22.8 Å². The van der Waals surface area contributed by atoms with E-state index in [1.807, 2.05) is 55.2 Å². The molecule has 0 saturated heterocycles. The van der Waals surface area contributed by atoms with Gasteiger partial charge in [0.15, 0.2) is 0 Å². The fourth-order valence-electron chi connectivity index (χ4n) is 4.05. The number of pyridine rings is 1. The first-order valence-electron chi connectivity index (χ1n) is 10.6. The van der Waals surface area contributed by atoms with Gasteiger partial charge in [-0.1, -0.05) is 37.6 Å². The van der Waals surface area contributed by atoms with Crippen molar-refractivity contribution in [2.24, 2.45) is 0 Å². The number of alkyl halides is 3. The van der Waals surface area contributed by atoms with Gasteiger partial charge in [0, 0.05) is 11.1 Å². The van der Waals surface area contributed by atoms with Gasteiger partial charge in [-0.2, -0.15) is 13.2 Å². The molecular weight excluding hydrogens is 433 g/mol. The Kier molecular flexibility index (Phi) is 5.78. The van der Waals surface area contributed by atoms with Crippen LogP contribution in [0.4, 0.5) is 13.2 Å². The van der Waals surface area contributed by atoms with Gasteiger partial charge in [0.1, 0.15) is 22.8 Å². The average Bonchev–Trinajstić information content (AvgIpc) is 2.73. The van der Waals surface area contributed by atoms with Crippen LogP contribution in [0.2, 0.25) is 0 Å². The predicted molar refractivity (Wildman–Crippen MR) is 118 cm³/mol. The molecule has 5 nitrogen and oxygen atoms in total. The van der Waals surface area contributed by atoms with Crippen LogP contribution < -0.4 is 15.6 Å². The molecule has 172 valence electrons. The Bertz CT molecular complexity index is 1240. The van der Waals surface area contributed by atoms with Crippen molar-refractivity contribution in [3.05, 3.63) is 91.9 Å². The van der Waals surface area contributed by atoms with Crippen molar-refractivity contribution in [2.75, 3.05) is 0 Å². The second-order valence-electron chi connectivity index (χ2n) is 8.25. The van der Waals surface area contributed by atoms with E-state index in [4.69, 9.17) is 4.74 Å². The van der Waals surface area contributed by atoms with E-state index in [1.54, 1.807) is 6.92 Å². The summed E-state index contributed by atoms with van der Waals surface area (Å²) in [6.07, 6.45) is -4.21. The van der Waals surface area contributed by atoms with E-state index in [1.165, 1.54) is 0 Å². The molecule has 2 heterocycles. The molecule has 2 aromatic carbocycles. The lowest BCUT2D eigenvalue weighted by Gasteiger charge is -2.29. The first-order chi connectivity index (χ1) is 15.6. The number of carbonyl (C=O) groups excluding carboxylic acids is 1. The second-order valence-corrected chi connectivity index (χ2v) is 8.25. The smallest absolute Gasteiger partial charge is 0.431 e. The molecule has 1 amide bonds. The molecule has 3 aromatic rings. The molecule has 4 rings (SSSR count). The van der Waals surface area contributed by atoms with Gasteiger partial charge in [0.05, 0.1) is 6.04 Å². The van der Waals surface area contributed by atoms with Crippen molar-refractivity contribution < 1.29 is 22.7 Å². The summed E-state index contributed by atoms with van der Waals surface area (Å²) >= 11 is 0. The number of halogens is 3. The zero-order valence-electron chi connectivity index (χ0n) is 18.4. The zero-order chi connectivity index (χ0) is 23.9. The van der Waals surface area contributed by atoms with Crippen molar-refractivity contribution >= 4 is 5.91 Å². The summed E-state index contributed by atoms with van der Waals surface area (Å²) in [4.78, 5) is 27.5. The fraction of sp³-hybridized carbons (Fsp3) is 0.280. The molecule has 1 aromatic heterocycles. The third-order valence-corrected chi connectivity index (χ3v) is 5.63. The lowest BCUT2D eigenvalue weighted by molar-refractivity contribution is -0.142. The summed E-state index contributed by atoms with van der Waals surface area (Å²) in [5, 5.41) is 2.83. The van der Waals surface area contributed by atoms with Gasteiger partial charge in [0.25, 0.3) is 11.5 Å². The van der Waals surface area contributed by atoms with E-state index in [0.717, 1.165) is 17.2 Å². The van der Waals surface area contributed by atoms with E-state index < -0.39 is 29.4 Å². The molecular formula is C25H23F3N2O3. The molecule has 0 atom stereocenters. The van der Waals surface area contributed by atoms with Gasteiger partial charge in [0.2, 0.25) is 0 Å². The highest BCUT2D eigenvalue weighted by atomic mass is 19.4. The number of ether oxygens (including phenoxy) is 1. The summed E-state index contributed by atoms with van der Waals surface area (Å²) < 4.78 is 46.1. The number of rotatable bonds is 4. The topological polar surface area (TPSA) is 71.2 Å². The molecule has 2 N–H and O–H groups in total. The predicted octanol–water partition coefficient (Wildman–Crippen LogP) is 5.59. The number of fused-ring (bicyclic) bond motifs is 2. The van der Waals surface area contributed by atoms with Crippen LogP contribution in [-0.2, 0) is 12.6 Å². The minimum Gasteiger partial charge on any atom is -0.457 e. The first-order valence-corrected chi connectivity index (χ1v) is 10.6.